The lowest BCUT2D eigenvalue weighted by molar-refractivity contribution is -0.121. The van der Waals surface area contributed by atoms with E-state index in [1.807, 2.05) is 24.3 Å². The maximum atomic E-state index is 13.9. The number of hydroxylamine groups is 2. The van der Waals surface area contributed by atoms with E-state index >= 15 is 0 Å². The second-order valence-electron chi connectivity index (χ2n) is 11.6. The molecule has 0 bridgehead atoms. The second-order valence-corrected chi connectivity index (χ2v) is 12.4. The molecule has 4 aromatic carbocycles. The van der Waals surface area contributed by atoms with Crippen molar-refractivity contribution in [3.8, 4) is 5.75 Å². The minimum atomic E-state index is -1.12. The van der Waals surface area contributed by atoms with E-state index in [-0.39, 0.29) is 24.6 Å². The molecule has 0 spiro atoms. The fraction of sp³-hybridized carbons (Fsp3) is 0.235. The molecule has 0 saturated carbocycles. The fourth-order valence-electron chi connectivity index (χ4n) is 5.61. The van der Waals surface area contributed by atoms with Gasteiger partial charge in [0.05, 0.1) is 11.8 Å². The topological polar surface area (TPSA) is 138 Å². The lowest BCUT2D eigenvalue weighted by Crippen LogP contribution is -2.58. The molecule has 47 heavy (non-hydrogen) atoms. The van der Waals surface area contributed by atoms with Gasteiger partial charge in [-0.25, -0.2) is 15.0 Å². The summed E-state index contributed by atoms with van der Waals surface area (Å²) in [4.78, 5) is 42.5. The Morgan fingerprint density at radius 1 is 0.957 bits per heavy atom. The third-order valence-corrected chi connectivity index (χ3v) is 8.52. The molecule has 5 rings (SSSR count). The molecule has 4 N–H and O–H groups in total. The summed E-state index contributed by atoms with van der Waals surface area (Å²) in [6, 6.07) is 22.6. The van der Waals surface area contributed by atoms with Crippen molar-refractivity contribution in [3.63, 3.8) is 0 Å². The third kappa shape index (κ3) is 7.43. The van der Waals surface area contributed by atoms with Gasteiger partial charge in [-0.1, -0.05) is 53.5 Å². The predicted molar refractivity (Wildman–Crippen MR) is 183 cm³/mol. The zero-order valence-electron chi connectivity index (χ0n) is 25.7. The Hall–Kier alpha value is -4.84. The normalized spacial score (nSPS) is 15.8. The number of hydrazone groups is 1. The highest BCUT2D eigenvalue weighted by molar-refractivity contribution is 6.31. The summed E-state index contributed by atoms with van der Waals surface area (Å²) in [6.45, 7) is 3.77. The zero-order chi connectivity index (χ0) is 33.7. The molecule has 1 heterocycles. The van der Waals surface area contributed by atoms with Gasteiger partial charge < -0.3 is 15.3 Å². The number of carbonyl (C=O) groups is 3. The number of benzene rings is 4. The highest BCUT2D eigenvalue weighted by atomic mass is 35.5. The lowest BCUT2D eigenvalue weighted by atomic mass is 9.99. The van der Waals surface area contributed by atoms with Crippen LogP contribution in [0.15, 0.2) is 90.0 Å². The molecule has 0 aliphatic carbocycles. The van der Waals surface area contributed by atoms with Gasteiger partial charge in [-0.05, 0) is 92.1 Å². The van der Waals surface area contributed by atoms with Crippen molar-refractivity contribution in [3.05, 3.63) is 101 Å². The zero-order valence-corrected chi connectivity index (χ0v) is 27.2. The van der Waals surface area contributed by atoms with Crippen molar-refractivity contribution in [1.29, 1.82) is 0 Å². The summed E-state index contributed by atoms with van der Waals surface area (Å²) < 4.78 is 0. The Balaban J connectivity index is 1.23. The standard InChI is InChI=1S/C34H34Cl2N6O5/c1-34(2)31(42(47)32(45)38-25-15-11-23(35)12-16-25)41(26-17-13-24(36)14-18-26)33(46)40(34)20-6-5-9-30(44)39-37-21-28-27-8-4-3-7-22(27)10-19-29(28)43/h3-4,7-8,10-19,21,31,43,47H,5-6,9,20H2,1-2H3,(H,38,45)(H,39,44). The molecule has 1 atom stereocenters. The summed E-state index contributed by atoms with van der Waals surface area (Å²) in [7, 11) is 0. The first-order valence-corrected chi connectivity index (χ1v) is 15.7. The Kier molecular flexibility index (Phi) is 10.2. The second kappa shape index (κ2) is 14.3. The van der Waals surface area contributed by atoms with Gasteiger partial charge in [-0.2, -0.15) is 10.2 Å². The highest BCUT2D eigenvalue weighted by Crippen LogP contribution is 2.38. The van der Waals surface area contributed by atoms with E-state index in [1.165, 1.54) is 11.1 Å². The number of rotatable bonds is 10. The number of nitrogens with zero attached hydrogens (tertiary/aromatic N) is 4. The van der Waals surface area contributed by atoms with Gasteiger partial charge in [0.1, 0.15) is 5.75 Å². The van der Waals surface area contributed by atoms with Gasteiger partial charge in [0.2, 0.25) is 5.91 Å². The first-order chi connectivity index (χ1) is 22.5. The van der Waals surface area contributed by atoms with Crippen LogP contribution in [0.1, 0.15) is 38.7 Å². The molecule has 1 fully saturated rings. The van der Waals surface area contributed by atoms with Crippen molar-refractivity contribution in [2.45, 2.75) is 44.8 Å². The van der Waals surface area contributed by atoms with Crippen LogP contribution in [0.2, 0.25) is 10.0 Å². The number of aromatic hydroxyl groups is 1. The SMILES string of the molecule is CC1(C)C(N(O)C(=O)Nc2ccc(Cl)cc2)N(c2ccc(Cl)cc2)C(=O)N1CCCCC(=O)NN=Cc1c(O)ccc2ccccc12. The van der Waals surface area contributed by atoms with Crippen LogP contribution in [-0.4, -0.2) is 62.7 Å². The van der Waals surface area contributed by atoms with Crippen LogP contribution >= 0.6 is 23.2 Å². The number of urea groups is 2. The number of nitrogens with one attached hydrogen (secondary N) is 2. The highest BCUT2D eigenvalue weighted by Gasteiger charge is 2.55. The van der Waals surface area contributed by atoms with Crippen LogP contribution < -0.4 is 15.6 Å². The van der Waals surface area contributed by atoms with Crippen molar-refractivity contribution in [2.75, 3.05) is 16.8 Å². The van der Waals surface area contributed by atoms with Crippen molar-refractivity contribution in [1.82, 2.24) is 15.4 Å². The minimum absolute atomic E-state index is 0.0504. The van der Waals surface area contributed by atoms with Crippen molar-refractivity contribution >= 4 is 69.5 Å². The van der Waals surface area contributed by atoms with Gasteiger partial charge in [0, 0.05) is 39.9 Å². The minimum Gasteiger partial charge on any atom is -0.507 e. The van der Waals surface area contributed by atoms with Crippen molar-refractivity contribution in [2.24, 2.45) is 5.10 Å². The molecule has 1 aliphatic rings. The average Bonchev–Trinajstić information content (AvgIpc) is 3.25. The average molecular weight is 678 g/mol. The van der Waals surface area contributed by atoms with Crippen LogP contribution in [-0.2, 0) is 4.79 Å². The number of phenolic OH excluding ortho intramolecular Hbond substituents is 1. The molecule has 0 aromatic heterocycles. The number of carbonyl (C=O) groups excluding carboxylic acids is 3. The van der Waals surface area contributed by atoms with E-state index in [2.05, 4.69) is 15.8 Å². The quantitative estimate of drug-likeness (QED) is 0.0598. The van der Waals surface area contributed by atoms with Gasteiger partial charge in [0.15, 0.2) is 6.17 Å². The van der Waals surface area contributed by atoms with Crippen molar-refractivity contribution < 1.29 is 24.7 Å². The van der Waals surface area contributed by atoms with E-state index in [9.17, 15) is 24.7 Å². The molecule has 1 unspecified atom stereocenters. The number of unbranched alkanes of at least 4 members (excludes halogenated alkanes) is 1. The van der Waals surface area contributed by atoms with E-state index in [4.69, 9.17) is 23.2 Å². The Morgan fingerprint density at radius 3 is 2.32 bits per heavy atom. The molecular weight excluding hydrogens is 643 g/mol. The van der Waals surface area contributed by atoms with Crippen LogP contribution in [0.4, 0.5) is 21.0 Å². The molecule has 1 saturated heterocycles. The number of halogens is 2. The van der Waals surface area contributed by atoms with Gasteiger partial charge >= 0.3 is 12.1 Å². The first kappa shape index (κ1) is 33.5. The largest absolute Gasteiger partial charge is 0.507 e. The number of amides is 5. The summed E-state index contributed by atoms with van der Waals surface area (Å²) in [5.41, 5.74) is 2.78. The monoisotopic (exact) mass is 676 g/mol. The van der Waals surface area contributed by atoms with Gasteiger partial charge in [-0.15, -0.1) is 0 Å². The van der Waals surface area contributed by atoms with Gasteiger partial charge in [0.25, 0.3) is 0 Å². The summed E-state index contributed by atoms with van der Waals surface area (Å²) >= 11 is 12.0. The van der Waals surface area contributed by atoms with E-state index in [1.54, 1.807) is 79.4 Å². The smallest absolute Gasteiger partial charge is 0.347 e. The van der Waals surface area contributed by atoms with Gasteiger partial charge in [-0.3, -0.25) is 14.9 Å². The van der Waals surface area contributed by atoms with Crippen LogP contribution in [0, 0.1) is 0 Å². The lowest BCUT2D eigenvalue weighted by Gasteiger charge is -2.38. The Bertz CT molecular complexity index is 1800. The predicted octanol–water partition coefficient (Wildman–Crippen LogP) is 7.44. The molecule has 13 heteroatoms. The molecule has 5 amide bonds. The third-order valence-electron chi connectivity index (χ3n) is 8.02. The molecule has 11 nitrogen and oxygen atoms in total. The number of hydrogen-bond acceptors (Lipinski definition) is 6. The maximum absolute atomic E-state index is 13.9. The van der Waals surface area contributed by atoms with Crippen LogP contribution in [0.5, 0.6) is 5.75 Å². The van der Waals surface area contributed by atoms with E-state index in [0.29, 0.717) is 44.9 Å². The Morgan fingerprint density at radius 2 is 1.62 bits per heavy atom. The molecule has 4 aromatic rings. The number of anilines is 2. The summed E-state index contributed by atoms with van der Waals surface area (Å²) in [5, 5.41) is 31.4. The molecule has 244 valence electrons. The molecule has 0 radical (unpaired) electrons. The summed E-state index contributed by atoms with van der Waals surface area (Å²) in [6.07, 6.45) is 1.33. The van der Waals surface area contributed by atoms with Crippen LogP contribution in [0.25, 0.3) is 10.8 Å². The number of phenols is 1. The molecule has 1 aliphatic heterocycles. The van der Waals surface area contributed by atoms with E-state index < -0.39 is 23.8 Å². The van der Waals surface area contributed by atoms with Crippen LogP contribution in [0.3, 0.4) is 0 Å². The molecular formula is C34H34Cl2N6O5. The fourth-order valence-corrected chi connectivity index (χ4v) is 5.86. The summed E-state index contributed by atoms with van der Waals surface area (Å²) in [5.74, 6) is -0.275. The Labute approximate surface area is 281 Å². The number of fused-ring (bicyclic) bond motifs is 1. The maximum Gasteiger partial charge on any atom is 0.347 e. The number of hydrogen-bond donors (Lipinski definition) is 4. The first-order valence-electron chi connectivity index (χ1n) is 14.9. The van der Waals surface area contributed by atoms with E-state index in [0.717, 1.165) is 10.8 Å².